The van der Waals surface area contributed by atoms with Gasteiger partial charge >= 0.3 is 5.97 Å². The third-order valence-electron chi connectivity index (χ3n) is 2.36. The molecule has 0 aliphatic heterocycles. The number of aliphatic hydroxyl groups is 2. The van der Waals surface area contributed by atoms with Gasteiger partial charge < -0.3 is 14.9 Å². The number of aliphatic hydroxyl groups excluding tert-OH is 2. The standard InChI is InChI=1S/C10H16O4/c1-6(2)10(13)14-7-3-4-8(11)9(12)5-7/h7-9,11-12H,1,3-5H2,2H3. The largest absolute Gasteiger partial charge is 0.459 e. The number of hydrogen-bond acceptors (Lipinski definition) is 4. The molecule has 0 aromatic heterocycles. The van der Waals surface area contributed by atoms with Crippen molar-refractivity contribution in [3.8, 4) is 0 Å². The van der Waals surface area contributed by atoms with Gasteiger partial charge in [0.15, 0.2) is 0 Å². The molecule has 4 nitrogen and oxygen atoms in total. The fraction of sp³-hybridized carbons (Fsp3) is 0.700. The second-order valence-corrected chi connectivity index (χ2v) is 3.76. The summed E-state index contributed by atoms with van der Waals surface area (Å²) in [5.41, 5.74) is 0.352. The predicted octanol–water partition coefficient (Wildman–Crippen LogP) is 0.380. The van der Waals surface area contributed by atoms with Gasteiger partial charge in [-0.05, 0) is 19.8 Å². The summed E-state index contributed by atoms with van der Waals surface area (Å²) < 4.78 is 5.06. The number of rotatable bonds is 2. The van der Waals surface area contributed by atoms with Crippen LogP contribution in [-0.2, 0) is 9.53 Å². The molecule has 1 aliphatic rings. The highest BCUT2D eigenvalue weighted by molar-refractivity contribution is 5.87. The van der Waals surface area contributed by atoms with Crippen LogP contribution in [0.1, 0.15) is 26.2 Å². The van der Waals surface area contributed by atoms with Crippen molar-refractivity contribution in [2.24, 2.45) is 0 Å². The number of hydrogen-bond donors (Lipinski definition) is 2. The molecule has 0 spiro atoms. The minimum Gasteiger partial charge on any atom is -0.459 e. The Morgan fingerprint density at radius 3 is 2.50 bits per heavy atom. The molecule has 0 heterocycles. The monoisotopic (exact) mass is 200 g/mol. The van der Waals surface area contributed by atoms with Crippen molar-refractivity contribution < 1.29 is 19.7 Å². The minimum absolute atomic E-state index is 0.294. The summed E-state index contributed by atoms with van der Waals surface area (Å²) in [6.07, 6.45) is -0.397. The summed E-state index contributed by atoms with van der Waals surface area (Å²) in [5.74, 6) is -0.432. The van der Waals surface area contributed by atoms with Crippen molar-refractivity contribution in [2.45, 2.75) is 44.5 Å². The molecule has 0 amide bonds. The summed E-state index contributed by atoms with van der Waals surface area (Å²) in [6, 6.07) is 0. The molecule has 0 saturated heterocycles. The number of esters is 1. The quantitative estimate of drug-likeness (QED) is 0.499. The van der Waals surface area contributed by atoms with Crippen molar-refractivity contribution >= 4 is 5.97 Å². The maximum atomic E-state index is 11.1. The molecular formula is C10H16O4. The second-order valence-electron chi connectivity index (χ2n) is 3.76. The molecule has 3 atom stereocenters. The fourth-order valence-electron chi connectivity index (χ4n) is 1.45. The van der Waals surface area contributed by atoms with E-state index in [-0.39, 0.29) is 6.10 Å². The van der Waals surface area contributed by atoms with Gasteiger partial charge in [0.25, 0.3) is 0 Å². The van der Waals surface area contributed by atoms with Crippen LogP contribution >= 0.6 is 0 Å². The van der Waals surface area contributed by atoms with E-state index in [4.69, 9.17) is 4.74 Å². The topological polar surface area (TPSA) is 66.8 Å². The van der Waals surface area contributed by atoms with Crippen molar-refractivity contribution in [3.05, 3.63) is 12.2 Å². The van der Waals surface area contributed by atoms with Crippen LogP contribution < -0.4 is 0 Å². The van der Waals surface area contributed by atoms with E-state index in [9.17, 15) is 15.0 Å². The Morgan fingerprint density at radius 1 is 1.36 bits per heavy atom. The Kier molecular flexibility index (Phi) is 3.66. The van der Waals surface area contributed by atoms with Crippen LogP contribution in [0.2, 0.25) is 0 Å². The molecule has 0 radical (unpaired) electrons. The highest BCUT2D eigenvalue weighted by Crippen LogP contribution is 2.22. The van der Waals surface area contributed by atoms with Crippen LogP contribution in [0.15, 0.2) is 12.2 Å². The van der Waals surface area contributed by atoms with E-state index >= 15 is 0 Å². The van der Waals surface area contributed by atoms with Crippen molar-refractivity contribution in [2.75, 3.05) is 0 Å². The van der Waals surface area contributed by atoms with Crippen molar-refractivity contribution in [1.82, 2.24) is 0 Å². The summed E-state index contributed by atoms with van der Waals surface area (Å²) in [7, 11) is 0. The molecule has 1 saturated carbocycles. The molecule has 0 bridgehead atoms. The van der Waals surface area contributed by atoms with Gasteiger partial charge in [-0.25, -0.2) is 4.79 Å². The summed E-state index contributed by atoms with van der Waals surface area (Å²) >= 11 is 0. The first-order valence-electron chi connectivity index (χ1n) is 4.73. The molecule has 80 valence electrons. The van der Waals surface area contributed by atoms with E-state index in [1.807, 2.05) is 0 Å². The van der Waals surface area contributed by atoms with Gasteiger partial charge in [0.2, 0.25) is 0 Å². The maximum absolute atomic E-state index is 11.1. The first-order chi connectivity index (χ1) is 6.50. The number of carbonyl (C=O) groups excluding carboxylic acids is 1. The Bertz CT molecular complexity index is 236. The fourth-order valence-corrected chi connectivity index (χ4v) is 1.45. The van der Waals surface area contributed by atoms with Crippen LogP contribution in [0.5, 0.6) is 0 Å². The zero-order valence-corrected chi connectivity index (χ0v) is 8.27. The first-order valence-corrected chi connectivity index (χ1v) is 4.73. The molecule has 1 fully saturated rings. The van der Waals surface area contributed by atoms with Crippen LogP contribution in [0.3, 0.4) is 0 Å². The maximum Gasteiger partial charge on any atom is 0.333 e. The molecule has 1 rings (SSSR count). The molecule has 14 heavy (non-hydrogen) atoms. The minimum atomic E-state index is -0.785. The summed E-state index contributed by atoms with van der Waals surface area (Å²) in [4.78, 5) is 11.1. The van der Waals surface area contributed by atoms with Gasteiger partial charge in [0, 0.05) is 12.0 Å². The van der Waals surface area contributed by atoms with Gasteiger partial charge in [-0.2, -0.15) is 0 Å². The Morgan fingerprint density at radius 2 is 2.00 bits per heavy atom. The lowest BCUT2D eigenvalue weighted by atomic mass is 9.92. The van der Waals surface area contributed by atoms with Crippen molar-refractivity contribution in [1.29, 1.82) is 0 Å². The number of ether oxygens (including phenoxy) is 1. The van der Waals surface area contributed by atoms with Crippen molar-refractivity contribution in [3.63, 3.8) is 0 Å². The zero-order chi connectivity index (χ0) is 10.7. The lowest BCUT2D eigenvalue weighted by molar-refractivity contribution is -0.150. The molecule has 1 aliphatic carbocycles. The van der Waals surface area contributed by atoms with Crippen LogP contribution in [-0.4, -0.2) is 34.5 Å². The van der Waals surface area contributed by atoms with Gasteiger partial charge in [0.05, 0.1) is 12.2 Å². The SMILES string of the molecule is C=C(C)C(=O)OC1CCC(O)C(O)C1. The van der Waals surface area contributed by atoms with Crippen LogP contribution in [0.4, 0.5) is 0 Å². The van der Waals surface area contributed by atoms with E-state index in [1.165, 1.54) is 0 Å². The van der Waals surface area contributed by atoms with Crippen LogP contribution in [0.25, 0.3) is 0 Å². The molecule has 4 heteroatoms. The van der Waals surface area contributed by atoms with Gasteiger partial charge in [0.1, 0.15) is 6.10 Å². The number of carbonyl (C=O) groups is 1. The first kappa shape index (κ1) is 11.2. The Hall–Kier alpha value is -0.870. The molecule has 2 N–H and O–H groups in total. The third-order valence-corrected chi connectivity index (χ3v) is 2.36. The molecule has 3 unspecified atom stereocenters. The molecular weight excluding hydrogens is 184 g/mol. The highest BCUT2D eigenvalue weighted by atomic mass is 16.5. The lowest BCUT2D eigenvalue weighted by Gasteiger charge is -2.29. The third kappa shape index (κ3) is 2.82. The van der Waals surface area contributed by atoms with Gasteiger partial charge in [-0.1, -0.05) is 6.58 Å². The summed E-state index contributed by atoms with van der Waals surface area (Å²) in [6.45, 7) is 5.05. The predicted molar refractivity (Wildman–Crippen MR) is 50.6 cm³/mol. The van der Waals surface area contributed by atoms with E-state index in [1.54, 1.807) is 6.92 Å². The molecule has 0 aromatic rings. The van der Waals surface area contributed by atoms with E-state index < -0.39 is 18.2 Å². The average Bonchev–Trinajstić information content (AvgIpc) is 2.11. The normalized spacial score (nSPS) is 32.4. The highest BCUT2D eigenvalue weighted by Gasteiger charge is 2.29. The summed E-state index contributed by atoms with van der Waals surface area (Å²) in [5, 5.41) is 18.6. The Balaban J connectivity index is 2.40. The van der Waals surface area contributed by atoms with E-state index in [0.29, 0.717) is 24.8 Å². The smallest absolute Gasteiger partial charge is 0.333 e. The lowest BCUT2D eigenvalue weighted by Crippen LogP contribution is -2.37. The van der Waals surface area contributed by atoms with E-state index in [0.717, 1.165) is 0 Å². The zero-order valence-electron chi connectivity index (χ0n) is 8.27. The second kappa shape index (κ2) is 4.57. The van der Waals surface area contributed by atoms with Crippen LogP contribution in [0, 0.1) is 0 Å². The van der Waals surface area contributed by atoms with Gasteiger partial charge in [-0.15, -0.1) is 0 Å². The van der Waals surface area contributed by atoms with Gasteiger partial charge in [-0.3, -0.25) is 0 Å². The Labute approximate surface area is 83.2 Å². The van der Waals surface area contributed by atoms with E-state index in [2.05, 4.69) is 6.58 Å². The molecule has 0 aromatic carbocycles. The average molecular weight is 200 g/mol.